The molecule has 0 atom stereocenters. The second kappa shape index (κ2) is 8.04. The standard InChI is InChI=1S/C21H24N2O5S/c1-27-17-3-2-4-18(14-17)28-12-10-22-29(25,26)19-7-8-20-16(13-19)9-11-23(20)21(24)15-5-6-15/h2-4,7-8,13-15,22H,5-6,9-12H2,1H3. The molecule has 0 radical (unpaired) electrons. The Kier molecular flexibility index (Phi) is 5.47. The molecule has 2 aromatic carbocycles. The van der Waals surface area contributed by atoms with E-state index in [1.54, 1.807) is 48.4 Å². The summed E-state index contributed by atoms with van der Waals surface area (Å²) in [5.74, 6) is 1.60. The Hall–Kier alpha value is -2.58. The highest BCUT2D eigenvalue weighted by Gasteiger charge is 2.36. The van der Waals surface area contributed by atoms with Crippen LogP contribution in [0.5, 0.6) is 11.5 Å². The summed E-state index contributed by atoms with van der Waals surface area (Å²) < 4.78 is 38.5. The molecule has 1 amide bonds. The summed E-state index contributed by atoms with van der Waals surface area (Å²) in [5.41, 5.74) is 1.73. The van der Waals surface area contributed by atoms with Crippen molar-refractivity contribution in [2.45, 2.75) is 24.2 Å². The van der Waals surface area contributed by atoms with Crippen LogP contribution in [0.2, 0.25) is 0 Å². The number of rotatable bonds is 8. The molecule has 1 aliphatic heterocycles. The SMILES string of the molecule is COc1cccc(OCCNS(=O)(=O)c2ccc3c(c2)CCN3C(=O)C2CC2)c1. The van der Waals surface area contributed by atoms with E-state index in [0.29, 0.717) is 24.5 Å². The van der Waals surface area contributed by atoms with Crippen LogP contribution in [-0.4, -0.2) is 41.1 Å². The third-order valence-corrected chi connectivity index (χ3v) is 6.61. The molecular formula is C21H24N2O5S. The van der Waals surface area contributed by atoms with Gasteiger partial charge in [-0.05, 0) is 55.2 Å². The number of sulfonamides is 1. The van der Waals surface area contributed by atoms with Gasteiger partial charge in [0.05, 0.1) is 12.0 Å². The molecule has 0 aromatic heterocycles. The Bertz CT molecular complexity index is 1020. The van der Waals surface area contributed by atoms with Gasteiger partial charge in [-0.25, -0.2) is 13.1 Å². The first-order valence-electron chi connectivity index (χ1n) is 9.69. The third kappa shape index (κ3) is 4.38. The maximum absolute atomic E-state index is 12.6. The molecule has 1 aliphatic carbocycles. The van der Waals surface area contributed by atoms with E-state index >= 15 is 0 Å². The number of amides is 1. The van der Waals surface area contributed by atoms with Crippen molar-refractivity contribution in [3.63, 3.8) is 0 Å². The van der Waals surface area contributed by atoms with Crippen molar-refractivity contribution in [1.29, 1.82) is 0 Å². The van der Waals surface area contributed by atoms with Crippen LogP contribution in [-0.2, 0) is 21.2 Å². The fourth-order valence-electron chi connectivity index (χ4n) is 3.44. The molecule has 0 spiro atoms. The van der Waals surface area contributed by atoms with E-state index in [0.717, 1.165) is 24.1 Å². The number of ether oxygens (including phenoxy) is 2. The molecule has 0 bridgehead atoms. The zero-order valence-corrected chi connectivity index (χ0v) is 17.1. The van der Waals surface area contributed by atoms with E-state index in [9.17, 15) is 13.2 Å². The summed E-state index contributed by atoms with van der Waals surface area (Å²) >= 11 is 0. The second-order valence-corrected chi connectivity index (χ2v) is 9.00. The molecule has 0 saturated heterocycles. The largest absolute Gasteiger partial charge is 0.497 e. The van der Waals surface area contributed by atoms with E-state index in [1.807, 2.05) is 6.07 Å². The van der Waals surface area contributed by atoms with Gasteiger partial charge >= 0.3 is 0 Å². The number of hydrogen-bond donors (Lipinski definition) is 1. The number of nitrogens with one attached hydrogen (secondary N) is 1. The molecule has 1 N–H and O–H groups in total. The smallest absolute Gasteiger partial charge is 0.240 e. The molecule has 4 rings (SSSR count). The Balaban J connectivity index is 1.36. The van der Waals surface area contributed by atoms with Crippen molar-refractivity contribution in [3.8, 4) is 11.5 Å². The highest BCUT2D eigenvalue weighted by Crippen LogP contribution is 2.37. The molecule has 7 nitrogen and oxygen atoms in total. The zero-order valence-electron chi connectivity index (χ0n) is 16.3. The fourth-order valence-corrected chi connectivity index (χ4v) is 4.51. The van der Waals surface area contributed by atoms with Crippen LogP contribution in [0.25, 0.3) is 0 Å². The monoisotopic (exact) mass is 416 g/mol. The van der Waals surface area contributed by atoms with E-state index < -0.39 is 10.0 Å². The molecule has 154 valence electrons. The second-order valence-electron chi connectivity index (χ2n) is 7.23. The minimum absolute atomic E-state index is 0.142. The summed E-state index contributed by atoms with van der Waals surface area (Å²) in [6.07, 6.45) is 2.59. The Labute approximate surface area is 170 Å². The predicted octanol–water partition coefficient (Wildman–Crippen LogP) is 2.35. The van der Waals surface area contributed by atoms with Crippen LogP contribution >= 0.6 is 0 Å². The lowest BCUT2D eigenvalue weighted by atomic mass is 10.2. The molecule has 8 heteroatoms. The average molecular weight is 416 g/mol. The van der Waals surface area contributed by atoms with Gasteiger partial charge in [0.15, 0.2) is 0 Å². The molecule has 0 unspecified atom stereocenters. The van der Waals surface area contributed by atoms with Gasteiger partial charge in [0.2, 0.25) is 15.9 Å². The van der Waals surface area contributed by atoms with Crippen molar-refractivity contribution in [3.05, 3.63) is 48.0 Å². The molecule has 2 aliphatic rings. The van der Waals surface area contributed by atoms with Gasteiger partial charge in [-0.15, -0.1) is 0 Å². The third-order valence-electron chi connectivity index (χ3n) is 5.15. The number of benzene rings is 2. The van der Waals surface area contributed by atoms with Crippen LogP contribution < -0.4 is 19.1 Å². The lowest BCUT2D eigenvalue weighted by molar-refractivity contribution is -0.119. The first-order valence-corrected chi connectivity index (χ1v) is 11.2. The van der Waals surface area contributed by atoms with Crippen LogP contribution in [0.3, 0.4) is 0 Å². The molecule has 1 saturated carbocycles. The van der Waals surface area contributed by atoms with Crippen molar-refractivity contribution in [2.75, 3.05) is 31.7 Å². The zero-order chi connectivity index (χ0) is 20.4. The van der Waals surface area contributed by atoms with Gasteiger partial charge in [-0.2, -0.15) is 0 Å². The molecule has 29 heavy (non-hydrogen) atoms. The van der Waals surface area contributed by atoms with Crippen LogP contribution in [0, 0.1) is 5.92 Å². The molecule has 1 fully saturated rings. The lowest BCUT2D eigenvalue weighted by Crippen LogP contribution is -2.30. The summed E-state index contributed by atoms with van der Waals surface area (Å²) in [6.45, 7) is 0.958. The summed E-state index contributed by atoms with van der Waals surface area (Å²) in [7, 11) is -2.07. The van der Waals surface area contributed by atoms with Gasteiger partial charge in [0.25, 0.3) is 0 Å². The van der Waals surface area contributed by atoms with Gasteiger partial charge in [0, 0.05) is 30.8 Å². The first kappa shape index (κ1) is 19.7. The van der Waals surface area contributed by atoms with E-state index in [2.05, 4.69) is 4.72 Å². The van der Waals surface area contributed by atoms with Gasteiger partial charge in [-0.1, -0.05) is 6.07 Å². The van der Waals surface area contributed by atoms with Gasteiger partial charge in [0.1, 0.15) is 18.1 Å². The van der Waals surface area contributed by atoms with Crippen LogP contribution in [0.15, 0.2) is 47.4 Å². The maximum Gasteiger partial charge on any atom is 0.240 e. The first-order chi connectivity index (χ1) is 14.0. The summed E-state index contributed by atoms with van der Waals surface area (Å²) in [4.78, 5) is 14.4. The normalized spacial score (nSPS) is 15.8. The number of carbonyl (C=O) groups is 1. The Morgan fingerprint density at radius 1 is 1.17 bits per heavy atom. The van der Waals surface area contributed by atoms with Crippen molar-refractivity contribution >= 4 is 21.6 Å². The van der Waals surface area contributed by atoms with Crippen molar-refractivity contribution in [1.82, 2.24) is 4.72 Å². The highest BCUT2D eigenvalue weighted by atomic mass is 32.2. The van der Waals surface area contributed by atoms with E-state index in [1.165, 1.54) is 0 Å². The number of carbonyl (C=O) groups excluding carboxylic acids is 1. The highest BCUT2D eigenvalue weighted by molar-refractivity contribution is 7.89. The number of methoxy groups -OCH3 is 1. The summed E-state index contributed by atoms with van der Waals surface area (Å²) in [6, 6.07) is 12.1. The van der Waals surface area contributed by atoms with Gasteiger partial charge < -0.3 is 14.4 Å². The predicted molar refractivity (Wildman–Crippen MR) is 109 cm³/mol. The number of nitrogens with zero attached hydrogens (tertiary/aromatic N) is 1. The number of hydrogen-bond acceptors (Lipinski definition) is 5. The lowest BCUT2D eigenvalue weighted by Gasteiger charge is -2.17. The van der Waals surface area contributed by atoms with Crippen molar-refractivity contribution in [2.24, 2.45) is 5.92 Å². The average Bonchev–Trinajstić information content (AvgIpc) is 3.50. The topological polar surface area (TPSA) is 84.9 Å². The quantitative estimate of drug-likeness (QED) is 0.668. The van der Waals surface area contributed by atoms with E-state index in [-0.39, 0.29) is 29.9 Å². The molecule has 2 aromatic rings. The fraction of sp³-hybridized carbons (Fsp3) is 0.381. The minimum atomic E-state index is -3.65. The van der Waals surface area contributed by atoms with Crippen LogP contribution in [0.1, 0.15) is 18.4 Å². The number of anilines is 1. The molecular weight excluding hydrogens is 392 g/mol. The number of fused-ring (bicyclic) bond motifs is 1. The van der Waals surface area contributed by atoms with E-state index in [4.69, 9.17) is 9.47 Å². The van der Waals surface area contributed by atoms with Gasteiger partial charge in [-0.3, -0.25) is 4.79 Å². The van der Waals surface area contributed by atoms with Crippen molar-refractivity contribution < 1.29 is 22.7 Å². The minimum Gasteiger partial charge on any atom is -0.497 e. The van der Waals surface area contributed by atoms with Crippen LogP contribution in [0.4, 0.5) is 5.69 Å². The summed E-state index contributed by atoms with van der Waals surface area (Å²) in [5, 5.41) is 0. The Morgan fingerprint density at radius 2 is 1.97 bits per heavy atom. The Morgan fingerprint density at radius 3 is 2.72 bits per heavy atom. The molecule has 1 heterocycles. The maximum atomic E-state index is 12.6.